The Kier molecular flexibility index (Phi) is 15.3. The Morgan fingerprint density at radius 1 is 0.909 bits per heavy atom. The van der Waals surface area contributed by atoms with E-state index in [4.69, 9.17) is 29.4 Å². The molecule has 0 unspecified atom stereocenters. The average molecular weight is 617 g/mol. The number of amides is 1. The van der Waals surface area contributed by atoms with Crippen LogP contribution in [0.15, 0.2) is 36.4 Å². The molecule has 0 heterocycles. The van der Waals surface area contributed by atoms with Crippen LogP contribution >= 0.6 is 0 Å². The van der Waals surface area contributed by atoms with Crippen molar-refractivity contribution in [2.75, 3.05) is 41.7 Å². The van der Waals surface area contributed by atoms with Crippen molar-refractivity contribution in [1.82, 2.24) is 5.32 Å². The minimum absolute atomic E-state index is 0.0146. The second-order valence-corrected chi connectivity index (χ2v) is 12.6. The molecular weight excluding hydrogens is 560 g/mol. The normalized spacial score (nSPS) is 14.9. The number of nitrogens with one attached hydrogen (secondary N) is 1. The molecule has 2 rings (SSSR count). The average Bonchev–Trinajstić information content (AvgIpc) is 2.99. The fourth-order valence-electron chi connectivity index (χ4n) is 5.40. The van der Waals surface area contributed by atoms with Crippen molar-refractivity contribution in [2.45, 2.75) is 78.5 Å². The lowest BCUT2D eigenvalue weighted by molar-refractivity contribution is -0.128. The van der Waals surface area contributed by atoms with Gasteiger partial charge in [-0.15, -0.1) is 0 Å². The minimum Gasteiger partial charge on any atom is -0.497 e. The summed E-state index contributed by atoms with van der Waals surface area (Å²) >= 11 is 0. The van der Waals surface area contributed by atoms with Gasteiger partial charge >= 0.3 is 0 Å². The van der Waals surface area contributed by atoms with Crippen LogP contribution in [0.4, 0.5) is 0 Å². The Hall–Kier alpha value is -3.01. The van der Waals surface area contributed by atoms with Gasteiger partial charge in [-0.1, -0.05) is 33.8 Å². The maximum Gasteiger partial charge on any atom is 0.223 e. The molecule has 0 aliphatic carbocycles. The van der Waals surface area contributed by atoms with Crippen molar-refractivity contribution >= 4 is 5.91 Å². The number of ether oxygens (including phenoxy) is 5. The smallest absolute Gasteiger partial charge is 0.223 e. The number of methoxy groups -OCH3 is 4. The fourth-order valence-corrected chi connectivity index (χ4v) is 5.40. The third-order valence-corrected chi connectivity index (χ3v) is 8.45. The second kappa shape index (κ2) is 18.1. The Bertz CT molecular complexity index is 1150. The van der Waals surface area contributed by atoms with E-state index in [1.165, 1.54) is 0 Å². The number of hydrogen-bond acceptors (Lipinski definition) is 8. The van der Waals surface area contributed by atoms with Crippen LogP contribution in [0.25, 0.3) is 0 Å². The van der Waals surface area contributed by atoms with E-state index in [2.05, 4.69) is 25.2 Å². The highest BCUT2D eigenvalue weighted by molar-refractivity contribution is 5.79. The number of nitrogens with two attached hydrogens (primary N) is 1. The largest absolute Gasteiger partial charge is 0.497 e. The van der Waals surface area contributed by atoms with Crippen LogP contribution in [0.5, 0.6) is 23.0 Å². The van der Waals surface area contributed by atoms with E-state index in [-0.39, 0.29) is 24.2 Å². The van der Waals surface area contributed by atoms with Gasteiger partial charge in [0.15, 0.2) is 11.5 Å². The van der Waals surface area contributed by atoms with E-state index in [1.807, 2.05) is 45.0 Å². The first-order chi connectivity index (χ1) is 20.9. The molecule has 9 heteroatoms. The highest BCUT2D eigenvalue weighted by Crippen LogP contribution is 2.34. The minimum atomic E-state index is -0.895. The molecule has 4 atom stereocenters. The van der Waals surface area contributed by atoms with Crippen LogP contribution in [0.1, 0.15) is 65.0 Å². The van der Waals surface area contributed by atoms with E-state index in [1.54, 1.807) is 34.5 Å². The lowest BCUT2D eigenvalue weighted by Gasteiger charge is -2.37. The van der Waals surface area contributed by atoms with Crippen LogP contribution in [-0.2, 0) is 22.5 Å². The van der Waals surface area contributed by atoms with Gasteiger partial charge in [-0.25, -0.2) is 0 Å². The first kappa shape index (κ1) is 37.2. The molecule has 0 spiro atoms. The predicted octanol–water partition coefficient (Wildman–Crippen LogP) is 5.39. The third-order valence-electron chi connectivity index (χ3n) is 8.45. The van der Waals surface area contributed by atoms with E-state index >= 15 is 0 Å². The zero-order chi connectivity index (χ0) is 32.9. The van der Waals surface area contributed by atoms with Gasteiger partial charge in [0, 0.05) is 49.8 Å². The lowest BCUT2D eigenvalue weighted by atomic mass is 9.75. The number of carbonyl (C=O) groups is 1. The summed E-state index contributed by atoms with van der Waals surface area (Å²) in [5, 5.41) is 14.5. The van der Waals surface area contributed by atoms with E-state index in [9.17, 15) is 9.90 Å². The summed E-state index contributed by atoms with van der Waals surface area (Å²) in [6.07, 6.45) is 1.55. The molecular formula is C35H56N2O7. The number of hydrogen-bond donors (Lipinski definition) is 3. The Balaban J connectivity index is 2.10. The van der Waals surface area contributed by atoms with Gasteiger partial charge in [-0.05, 0) is 73.8 Å². The Labute approximate surface area is 264 Å². The quantitative estimate of drug-likeness (QED) is 0.169. The highest BCUT2D eigenvalue weighted by Gasteiger charge is 2.36. The third kappa shape index (κ3) is 11.2. The van der Waals surface area contributed by atoms with Gasteiger partial charge < -0.3 is 39.8 Å². The summed E-state index contributed by atoms with van der Waals surface area (Å²) in [5.74, 6) is 2.72. The van der Waals surface area contributed by atoms with Crippen molar-refractivity contribution in [1.29, 1.82) is 0 Å². The molecule has 0 saturated heterocycles. The van der Waals surface area contributed by atoms with E-state index in [0.717, 1.165) is 24.0 Å². The first-order valence-electron chi connectivity index (χ1n) is 15.6. The van der Waals surface area contributed by atoms with Crippen LogP contribution in [-0.4, -0.2) is 64.3 Å². The number of aliphatic hydroxyl groups excluding tert-OH is 1. The fraction of sp³-hybridized carbons (Fsp3) is 0.629. The zero-order valence-corrected chi connectivity index (χ0v) is 28.3. The Morgan fingerprint density at radius 2 is 1.61 bits per heavy atom. The van der Waals surface area contributed by atoms with Crippen LogP contribution in [0.2, 0.25) is 0 Å². The molecule has 44 heavy (non-hydrogen) atoms. The van der Waals surface area contributed by atoms with Crippen LogP contribution in [0.3, 0.4) is 0 Å². The van der Waals surface area contributed by atoms with Gasteiger partial charge in [0.25, 0.3) is 0 Å². The molecule has 4 N–H and O–H groups in total. The molecule has 248 valence electrons. The van der Waals surface area contributed by atoms with Gasteiger partial charge in [0.1, 0.15) is 11.5 Å². The van der Waals surface area contributed by atoms with Crippen molar-refractivity contribution in [3.63, 3.8) is 0 Å². The molecule has 1 amide bonds. The summed E-state index contributed by atoms with van der Waals surface area (Å²) < 4.78 is 27.4. The summed E-state index contributed by atoms with van der Waals surface area (Å²) in [6, 6.07) is 11.5. The summed E-state index contributed by atoms with van der Waals surface area (Å²) in [6.45, 7) is 11.7. The van der Waals surface area contributed by atoms with Crippen LogP contribution in [0, 0.1) is 23.7 Å². The highest BCUT2D eigenvalue weighted by atomic mass is 16.5. The molecule has 0 aliphatic heterocycles. The van der Waals surface area contributed by atoms with Crippen molar-refractivity contribution < 1.29 is 33.6 Å². The lowest BCUT2D eigenvalue weighted by Crippen LogP contribution is -2.52. The number of rotatable bonds is 20. The molecule has 0 fully saturated rings. The van der Waals surface area contributed by atoms with E-state index < -0.39 is 17.6 Å². The monoisotopic (exact) mass is 616 g/mol. The van der Waals surface area contributed by atoms with Gasteiger partial charge in [0.2, 0.25) is 5.91 Å². The molecule has 2 aromatic carbocycles. The molecule has 0 aliphatic rings. The first-order valence-corrected chi connectivity index (χ1v) is 15.6. The van der Waals surface area contributed by atoms with Gasteiger partial charge in [0.05, 0.1) is 34.0 Å². The number of aliphatic hydroxyl groups is 1. The molecule has 9 nitrogen and oxygen atoms in total. The van der Waals surface area contributed by atoms with Gasteiger partial charge in [-0.2, -0.15) is 0 Å². The van der Waals surface area contributed by atoms with Crippen molar-refractivity contribution in [2.24, 2.45) is 29.4 Å². The molecule has 0 aromatic heterocycles. The summed E-state index contributed by atoms with van der Waals surface area (Å²) in [5.41, 5.74) is 7.90. The standard InChI is InChI=1S/C35H56N2O7/c1-23(2)27(17-25-11-14-30(42-8)32(18-25)44-16-10-15-40-6)21-35(5,36)33(38)20-29(24(3)4)34(39)37-22-26-12-13-28(41-7)19-31(26)43-9/h11-14,18-19,23-24,27,29,33,38H,10,15-17,20-22,36H2,1-9H3,(H,37,39)/t27-,29-,33-,35+/m0/s1. The molecule has 2 aromatic rings. The summed E-state index contributed by atoms with van der Waals surface area (Å²) in [7, 11) is 6.50. The van der Waals surface area contributed by atoms with Crippen LogP contribution < -0.4 is 30.0 Å². The topological polar surface area (TPSA) is 122 Å². The van der Waals surface area contributed by atoms with E-state index in [0.29, 0.717) is 55.1 Å². The Morgan fingerprint density at radius 3 is 2.20 bits per heavy atom. The molecule has 0 saturated carbocycles. The molecule has 0 radical (unpaired) electrons. The number of benzene rings is 2. The summed E-state index contributed by atoms with van der Waals surface area (Å²) in [4.78, 5) is 13.4. The number of carbonyl (C=O) groups excluding carboxylic acids is 1. The SMILES string of the molecule is COCCCOc1cc(C[C@@H](C[C@@](C)(N)[C@@H](O)C[C@H](C(=O)NCc2ccc(OC)cc2OC)C(C)C)C(C)C)ccc1OC. The maximum absolute atomic E-state index is 13.4. The predicted molar refractivity (Wildman–Crippen MR) is 175 cm³/mol. The van der Waals surface area contributed by atoms with Crippen molar-refractivity contribution in [3.05, 3.63) is 47.5 Å². The van der Waals surface area contributed by atoms with Crippen molar-refractivity contribution in [3.8, 4) is 23.0 Å². The zero-order valence-electron chi connectivity index (χ0n) is 28.3. The second-order valence-electron chi connectivity index (χ2n) is 12.6. The molecule has 0 bridgehead atoms. The van der Waals surface area contributed by atoms with Gasteiger partial charge in [-0.3, -0.25) is 4.79 Å². The maximum atomic E-state index is 13.4.